The van der Waals surface area contributed by atoms with Gasteiger partial charge in [-0.2, -0.15) is 5.10 Å². The highest BCUT2D eigenvalue weighted by Gasteiger charge is 2.33. The Bertz CT molecular complexity index is 1080. The fourth-order valence-corrected chi connectivity index (χ4v) is 3.71. The number of aryl methyl sites for hydroxylation is 1. The van der Waals surface area contributed by atoms with Crippen molar-refractivity contribution in [3.8, 4) is 11.3 Å². The van der Waals surface area contributed by atoms with Gasteiger partial charge in [0.05, 0.1) is 5.69 Å². The number of nitrogens with zero attached hydrogens (tertiary/aromatic N) is 4. The van der Waals surface area contributed by atoms with E-state index in [4.69, 9.17) is 0 Å². The zero-order chi connectivity index (χ0) is 19.8. The molecule has 142 valence electrons. The van der Waals surface area contributed by atoms with Crippen molar-refractivity contribution in [3.63, 3.8) is 0 Å². The highest BCUT2D eigenvalue weighted by Crippen LogP contribution is 2.28. The number of carbonyl (C=O) groups is 2. The van der Waals surface area contributed by atoms with Crippen LogP contribution in [0.2, 0.25) is 0 Å². The van der Waals surface area contributed by atoms with Crippen LogP contribution in [0.3, 0.4) is 0 Å². The van der Waals surface area contributed by atoms with Crippen LogP contribution in [0.15, 0.2) is 48.5 Å². The van der Waals surface area contributed by atoms with Crippen LogP contribution >= 0.6 is 0 Å². The Morgan fingerprint density at radius 2 is 1.79 bits per heavy atom. The first-order chi connectivity index (χ1) is 13.5. The number of carbonyl (C=O) groups excluding carboxylic acids is 2. The zero-order valence-corrected chi connectivity index (χ0v) is 16.2. The van der Waals surface area contributed by atoms with Crippen LogP contribution in [-0.4, -0.2) is 58.0 Å². The van der Waals surface area contributed by atoms with Crippen molar-refractivity contribution in [2.24, 2.45) is 0 Å². The van der Waals surface area contributed by atoms with Crippen LogP contribution < -0.4 is 0 Å². The fraction of sp³-hybridized carbons (Fsp3) is 0.273. The summed E-state index contributed by atoms with van der Waals surface area (Å²) in [4.78, 5) is 28.6. The van der Waals surface area contributed by atoms with Crippen molar-refractivity contribution in [3.05, 3.63) is 59.8 Å². The summed E-state index contributed by atoms with van der Waals surface area (Å²) in [5.41, 5.74) is 3.01. The Labute approximate surface area is 163 Å². The number of benzene rings is 2. The highest BCUT2D eigenvalue weighted by atomic mass is 16.2. The molecule has 2 aromatic carbocycles. The molecule has 28 heavy (non-hydrogen) atoms. The summed E-state index contributed by atoms with van der Waals surface area (Å²) in [5.74, 6) is -0.175. The van der Waals surface area contributed by atoms with E-state index in [2.05, 4.69) is 10.2 Å². The smallest absolute Gasteiger partial charge is 0.254 e. The average molecular weight is 374 g/mol. The Hall–Kier alpha value is -3.28. The van der Waals surface area contributed by atoms with Crippen molar-refractivity contribution in [1.82, 2.24) is 20.0 Å². The van der Waals surface area contributed by atoms with E-state index in [9.17, 15) is 9.59 Å². The first kappa shape index (κ1) is 18.1. The first-order valence-electron chi connectivity index (χ1n) is 9.36. The van der Waals surface area contributed by atoms with Crippen LogP contribution in [0.5, 0.6) is 0 Å². The number of aromatic nitrogens is 2. The third kappa shape index (κ3) is 3.01. The van der Waals surface area contributed by atoms with E-state index >= 15 is 0 Å². The standard InChI is InChI=1S/C22H22N4O2/c1-14-18-9-4-5-10-19(18)20(24-23-14)16-7-6-8-17(13-16)22(28)26-12-11-25(3)21(27)15(26)2/h4-10,13,15H,11-12H2,1-3H3/t15-/m1/s1. The second-order valence-corrected chi connectivity index (χ2v) is 7.19. The van der Waals surface area contributed by atoms with Crippen molar-refractivity contribution in [2.45, 2.75) is 19.9 Å². The summed E-state index contributed by atoms with van der Waals surface area (Å²) in [5, 5.41) is 10.7. The van der Waals surface area contributed by atoms with E-state index in [0.29, 0.717) is 18.7 Å². The third-order valence-corrected chi connectivity index (χ3v) is 5.39. The van der Waals surface area contributed by atoms with Gasteiger partial charge in [0.1, 0.15) is 11.7 Å². The maximum atomic E-state index is 13.1. The minimum absolute atomic E-state index is 0.0360. The number of hydrogen-bond acceptors (Lipinski definition) is 4. The number of amides is 2. The highest BCUT2D eigenvalue weighted by molar-refractivity contribution is 6.00. The molecule has 1 aliphatic heterocycles. The summed E-state index contributed by atoms with van der Waals surface area (Å²) in [6.45, 7) is 4.78. The number of fused-ring (bicyclic) bond motifs is 1. The summed E-state index contributed by atoms with van der Waals surface area (Å²) < 4.78 is 0. The van der Waals surface area contributed by atoms with Gasteiger partial charge in [0, 0.05) is 42.0 Å². The van der Waals surface area contributed by atoms with E-state index < -0.39 is 6.04 Å². The van der Waals surface area contributed by atoms with Gasteiger partial charge in [0.15, 0.2) is 0 Å². The lowest BCUT2D eigenvalue weighted by Crippen LogP contribution is -2.56. The van der Waals surface area contributed by atoms with Gasteiger partial charge in [-0.25, -0.2) is 0 Å². The summed E-state index contributed by atoms with van der Waals surface area (Å²) >= 11 is 0. The Balaban J connectivity index is 1.72. The lowest BCUT2D eigenvalue weighted by molar-refractivity contribution is -0.137. The molecular formula is C22H22N4O2. The van der Waals surface area contributed by atoms with Crippen LogP contribution in [0.4, 0.5) is 0 Å². The van der Waals surface area contributed by atoms with Crippen molar-refractivity contribution in [1.29, 1.82) is 0 Å². The fourth-order valence-electron chi connectivity index (χ4n) is 3.71. The molecule has 1 aliphatic rings. The lowest BCUT2D eigenvalue weighted by atomic mass is 10.0. The second kappa shape index (κ2) is 7.03. The molecule has 0 radical (unpaired) electrons. The number of hydrogen-bond donors (Lipinski definition) is 0. The molecular weight excluding hydrogens is 352 g/mol. The van der Waals surface area contributed by atoms with E-state index in [-0.39, 0.29) is 11.8 Å². The molecule has 0 unspecified atom stereocenters. The average Bonchev–Trinajstić information content (AvgIpc) is 2.72. The minimum atomic E-state index is -0.463. The van der Waals surface area contributed by atoms with E-state index in [0.717, 1.165) is 27.7 Å². The molecule has 0 bridgehead atoms. The lowest BCUT2D eigenvalue weighted by Gasteiger charge is -2.37. The second-order valence-electron chi connectivity index (χ2n) is 7.19. The van der Waals surface area contributed by atoms with E-state index in [1.54, 1.807) is 29.8 Å². The molecule has 4 rings (SSSR count). The normalized spacial score (nSPS) is 17.2. The molecule has 1 saturated heterocycles. The third-order valence-electron chi connectivity index (χ3n) is 5.39. The predicted octanol–water partition coefficient (Wildman–Crippen LogP) is 2.91. The Morgan fingerprint density at radius 1 is 1.04 bits per heavy atom. The van der Waals surface area contributed by atoms with E-state index in [1.807, 2.05) is 49.4 Å². The predicted molar refractivity (Wildman–Crippen MR) is 108 cm³/mol. The van der Waals surface area contributed by atoms with E-state index in [1.165, 1.54) is 0 Å². The van der Waals surface area contributed by atoms with Crippen LogP contribution in [-0.2, 0) is 4.79 Å². The van der Waals surface area contributed by atoms with Gasteiger partial charge in [-0.1, -0.05) is 36.4 Å². The molecule has 2 amide bonds. The van der Waals surface area contributed by atoms with Gasteiger partial charge in [-0.05, 0) is 26.0 Å². The molecule has 1 aromatic heterocycles. The molecule has 1 fully saturated rings. The molecule has 1 atom stereocenters. The van der Waals surface area contributed by atoms with Gasteiger partial charge >= 0.3 is 0 Å². The van der Waals surface area contributed by atoms with Gasteiger partial charge in [0.2, 0.25) is 5.91 Å². The number of likely N-dealkylation sites (N-methyl/N-ethyl adjacent to an activating group) is 1. The first-order valence-corrected chi connectivity index (χ1v) is 9.36. The van der Waals surface area contributed by atoms with Crippen molar-refractivity contribution < 1.29 is 9.59 Å². The maximum Gasteiger partial charge on any atom is 0.254 e. The van der Waals surface area contributed by atoms with Crippen LogP contribution in [0, 0.1) is 6.92 Å². The monoisotopic (exact) mass is 374 g/mol. The molecule has 6 heteroatoms. The maximum absolute atomic E-state index is 13.1. The summed E-state index contributed by atoms with van der Waals surface area (Å²) in [6, 6.07) is 14.9. The van der Waals surface area contributed by atoms with Crippen molar-refractivity contribution >= 4 is 22.6 Å². The minimum Gasteiger partial charge on any atom is -0.342 e. The number of rotatable bonds is 2. The zero-order valence-electron chi connectivity index (χ0n) is 16.2. The van der Waals surface area contributed by atoms with Gasteiger partial charge < -0.3 is 9.80 Å². The SMILES string of the molecule is Cc1nnc(-c2cccc(C(=O)N3CCN(C)C(=O)[C@H]3C)c2)c2ccccc12. The van der Waals surface area contributed by atoms with Crippen molar-refractivity contribution in [2.75, 3.05) is 20.1 Å². The largest absolute Gasteiger partial charge is 0.342 e. The molecule has 0 spiro atoms. The van der Waals surface area contributed by atoms with Crippen LogP contribution in [0.25, 0.3) is 22.0 Å². The quantitative estimate of drug-likeness (QED) is 0.692. The Kier molecular flexibility index (Phi) is 4.55. The van der Waals surface area contributed by atoms with Gasteiger partial charge in [0.25, 0.3) is 5.91 Å². The number of piperazine rings is 1. The molecule has 0 aliphatic carbocycles. The molecule has 2 heterocycles. The summed E-state index contributed by atoms with van der Waals surface area (Å²) in [6.07, 6.45) is 0. The molecule has 6 nitrogen and oxygen atoms in total. The van der Waals surface area contributed by atoms with Gasteiger partial charge in [-0.15, -0.1) is 5.10 Å². The molecule has 0 saturated carbocycles. The van der Waals surface area contributed by atoms with Crippen LogP contribution in [0.1, 0.15) is 23.0 Å². The topological polar surface area (TPSA) is 66.4 Å². The summed E-state index contributed by atoms with van der Waals surface area (Å²) in [7, 11) is 1.77. The van der Waals surface area contributed by atoms with Gasteiger partial charge in [-0.3, -0.25) is 9.59 Å². The molecule has 3 aromatic rings. The molecule has 0 N–H and O–H groups in total. The Morgan fingerprint density at radius 3 is 2.57 bits per heavy atom.